The third-order valence-corrected chi connectivity index (χ3v) is 7.19. The van der Waals surface area contributed by atoms with Crippen LogP contribution in [0.4, 0.5) is 0 Å². The summed E-state index contributed by atoms with van der Waals surface area (Å²) in [6.45, 7) is 2.27. The molecule has 2 atom stereocenters. The molecule has 3 fully saturated rings. The molecule has 168 valence electrons. The fourth-order valence-electron chi connectivity index (χ4n) is 5.62. The Morgan fingerprint density at radius 1 is 0.939 bits per heavy atom. The lowest BCUT2D eigenvalue weighted by atomic mass is 9.71. The van der Waals surface area contributed by atoms with E-state index in [9.17, 15) is 4.79 Å². The quantitative estimate of drug-likeness (QED) is 0.393. The highest BCUT2D eigenvalue weighted by molar-refractivity contribution is 5.92. The van der Waals surface area contributed by atoms with Crippen LogP contribution in [-0.4, -0.2) is 49.4 Å². The van der Waals surface area contributed by atoms with Gasteiger partial charge in [0.2, 0.25) is 0 Å². The van der Waals surface area contributed by atoms with Crippen molar-refractivity contribution in [1.82, 2.24) is 4.90 Å². The van der Waals surface area contributed by atoms with Gasteiger partial charge in [0.25, 0.3) is 0 Å². The lowest BCUT2D eigenvalue weighted by Gasteiger charge is -2.52. The summed E-state index contributed by atoms with van der Waals surface area (Å²) in [5.41, 5.74) is 4.17. The monoisotopic (exact) mass is 438 g/mol. The fourth-order valence-corrected chi connectivity index (χ4v) is 5.62. The summed E-state index contributed by atoms with van der Waals surface area (Å²) in [7, 11) is 1.41. The second kappa shape index (κ2) is 9.72. The molecule has 3 aliphatic heterocycles. The first-order valence-electron chi connectivity index (χ1n) is 11.8. The molecule has 4 nitrogen and oxygen atoms in total. The Bertz CT molecular complexity index is 1070. The van der Waals surface area contributed by atoms with Gasteiger partial charge in [0, 0.05) is 18.2 Å². The molecule has 0 radical (unpaired) electrons. The Balaban J connectivity index is 1.52. The zero-order valence-electron chi connectivity index (χ0n) is 19.0. The molecular weight excluding hydrogens is 408 g/mol. The number of aliphatic imine (C=N–C) groups is 1. The van der Waals surface area contributed by atoms with Gasteiger partial charge in [-0.3, -0.25) is 9.89 Å². The van der Waals surface area contributed by atoms with E-state index >= 15 is 0 Å². The third kappa shape index (κ3) is 4.49. The first-order valence-corrected chi connectivity index (χ1v) is 11.8. The maximum Gasteiger partial charge on any atom is 0.337 e. The predicted molar refractivity (Wildman–Crippen MR) is 132 cm³/mol. The predicted octanol–water partition coefficient (Wildman–Crippen LogP) is 5.19. The molecule has 4 heteroatoms. The fraction of sp³-hybridized carbons (Fsp3) is 0.310. The Kier molecular flexibility index (Phi) is 6.36. The van der Waals surface area contributed by atoms with E-state index in [1.807, 2.05) is 24.4 Å². The number of ether oxygens (including phenoxy) is 1. The van der Waals surface area contributed by atoms with Gasteiger partial charge in [-0.2, -0.15) is 0 Å². The molecule has 0 saturated carbocycles. The summed E-state index contributed by atoms with van der Waals surface area (Å²) in [4.78, 5) is 19.8. The Morgan fingerprint density at radius 3 is 2.18 bits per heavy atom. The van der Waals surface area contributed by atoms with Crippen molar-refractivity contribution in [3.05, 3.63) is 107 Å². The lowest BCUT2D eigenvalue weighted by molar-refractivity contribution is 0.0215. The van der Waals surface area contributed by atoms with Gasteiger partial charge in [0.05, 0.1) is 18.7 Å². The molecule has 0 amide bonds. The third-order valence-electron chi connectivity index (χ3n) is 7.19. The van der Waals surface area contributed by atoms with Crippen molar-refractivity contribution < 1.29 is 9.53 Å². The number of piperidine rings is 3. The van der Waals surface area contributed by atoms with Gasteiger partial charge in [-0.15, -0.1) is 0 Å². The first-order chi connectivity index (χ1) is 16.2. The maximum atomic E-state index is 12.0. The van der Waals surface area contributed by atoms with Crippen molar-refractivity contribution >= 4 is 12.2 Å². The van der Waals surface area contributed by atoms with Crippen LogP contribution < -0.4 is 0 Å². The van der Waals surface area contributed by atoms with E-state index in [2.05, 4.69) is 65.6 Å². The number of benzene rings is 3. The van der Waals surface area contributed by atoms with E-state index in [1.165, 1.54) is 31.1 Å². The van der Waals surface area contributed by atoms with Gasteiger partial charge in [-0.1, -0.05) is 72.8 Å². The van der Waals surface area contributed by atoms with Gasteiger partial charge in [-0.25, -0.2) is 4.79 Å². The second-order valence-corrected chi connectivity index (χ2v) is 9.05. The summed E-state index contributed by atoms with van der Waals surface area (Å²) in [5, 5.41) is 0. The normalized spacial score (nSPS) is 24.3. The van der Waals surface area contributed by atoms with Gasteiger partial charge in [-0.05, 0) is 60.7 Å². The SMILES string of the molecule is COC(=O)c1cccc(C=N[C@@H]2C3CCN(CC3)[C@H]2C(c2ccccc2)c2ccccc2)c1. The van der Waals surface area contributed by atoms with E-state index in [0.29, 0.717) is 17.5 Å². The van der Waals surface area contributed by atoms with Gasteiger partial charge in [0.15, 0.2) is 0 Å². The highest BCUT2D eigenvalue weighted by Crippen LogP contribution is 2.43. The molecular formula is C29H30N2O2. The number of carbonyl (C=O) groups is 1. The van der Waals surface area contributed by atoms with Crippen LogP contribution in [0.5, 0.6) is 0 Å². The summed E-state index contributed by atoms with van der Waals surface area (Å²) in [6, 6.07) is 29.8. The van der Waals surface area contributed by atoms with Crippen LogP contribution in [0.25, 0.3) is 0 Å². The van der Waals surface area contributed by atoms with E-state index in [-0.39, 0.29) is 17.9 Å². The van der Waals surface area contributed by atoms with Gasteiger partial charge < -0.3 is 4.74 Å². The zero-order valence-corrected chi connectivity index (χ0v) is 19.0. The van der Waals surface area contributed by atoms with Crippen molar-refractivity contribution in [1.29, 1.82) is 0 Å². The number of fused-ring (bicyclic) bond motifs is 3. The molecule has 33 heavy (non-hydrogen) atoms. The molecule has 3 heterocycles. The van der Waals surface area contributed by atoms with Crippen LogP contribution >= 0.6 is 0 Å². The van der Waals surface area contributed by atoms with Gasteiger partial charge >= 0.3 is 5.97 Å². The molecule has 0 N–H and O–H groups in total. The maximum absolute atomic E-state index is 12.0. The minimum absolute atomic E-state index is 0.208. The Morgan fingerprint density at radius 2 is 1.58 bits per heavy atom. The highest BCUT2D eigenvalue weighted by atomic mass is 16.5. The molecule has 0 spiro atoms. The molecule has 0 aromatic heterocycles. The smallest absolute Gasteiger partial charge is 0.337 e. The van der Waals surface area contributed by atoms with Crippen LogP contribution in [0.3, 0.4) is 0 Å². The van der Waals surface area contributed by atoms with E-state index < -0.39 is 0 Å². The number of hydrogen-bond acceptors (Lipinski definition) is 4. The van der Waals surface area contributed by atoms with E-state index in [1.54, 1.807) is 6.07 Å². The number of nitrogens with zero attached hydrogens (tertiary/aromatic N) is 2. The van der Waals surface area contributed by atoms with Crippen molar-refractivity contribution in [3.8, 4) is 0 Å². The highest BCUT2D eigenvalue weighted by Gasteiger charge is 2.46. The minimum Gasteiger partial charge on any atom is -0.465 e. The topological polar surface area (TPSA) is 41.9 Å². The first kappa shape index (κ1) is 21.6. The Labute approximate surface area is 195 Å². The molecule has 0 aliphatic carbocycles. The summed E-state index contributed by atoms with van der Waals surface area (Å²) >= 11 is 0. The minimum atomic E-state index is -0.320. The van der Waals surface area contributed by atoms with Crippen molar-refractivity contribution in [2.45, 2.75) is 30.8 Å². The average molecular weight is 439 g/mol. The van der Waals surface area contributed by atoms with Crippen molar-refractivity contribution in [3.63, 3.8) is 0 Å². The van der Waals surface area contributed by atoms with Crippen LogP contribution in [0.2, 0.25) is 0 Å². The van der Waals surface area contributed by atoms with Crippen LogP contribution in [0.15, 0.2) is 89.9 Å². The molecule has 3 aromatic rings. The molecule has 3 saturated heterocycles. The number of rotatable bonds is 6. The lowest BCUT2D eigenvalue weighted by Crippen LogP contribution is -2.59. The van der Waals surface area contributed by atoms with E-state index in [0.717, 1.165) is 18.7 Å². The van der Waals surface area contributed by atoms with Gasteiger partial charge in [0.1, 0.15) is 0 Å². The molecule has 3 aromatic carbocycles. The van der Waals surface area contributed by atoms with Crippen LogP contribution in [-0.2, 0) is 4.74 Å². The number of hydrogen-bond donors (Lipinski definition) is 0. The zero-order chi connectivity index (χ0) is 22.6. The Hall–Kier alpha value is -3.24. The molecule has 2 bridgehead atoms. The van der Waals surface area contributed by atoms with Crippen LogP contribution in [0.1, 0.15) is 45.8 Å². The molecule has 6 rings (SSSR count). The second-order valence-electron chi connectivity index (χ2n) is 9.05. The number of esters is 1. The standard InChI is InChI=1S/C29H30N2O2/c1-33-29(32)25-14-8-9-21(19-25)20-30-27-24-15-17-31(18-16-24)28(27)26(22-10-4-2-5-11-22)23-12-6-3-7-13-23/h2-14,19-20,24,26-28H,15-18H2,1H3/t27-,28+/m1/s1. The number of methoxy groups -OCH3 is 1. The average Bonchev–Trinajstić information content (AvgIpc) is 2.89. The summed E-state index contributed by atoms with van der Waals surface area (Å²) < 4.78 is 4.88. The van der Waals surface area contributed by atoms with Crippen molar-refractivity contribution in [2.75, 3.05) is 20.2 Å². The largest absolute Gasteiger partial charge is 0.465 e. The van der Waals surface area contributed by atoms with Crippen LogP contribution in [0, 0.1) is 5.92 Å². The van der Waals surface area contributed by atoms with E-state index in [4.69, 9.17) is 9.73 Å². The number of carbonyl (C=O) groups excluding carboxylic acids is 1. The summed E-state index contributed by atoms with van der Waals surface area (Å²) in [5.74, 6) is 0.521. The summed E-state index contributed by atoms with van der Waals surface area (Å²) in [6.07, 6.45) is 4.34. The molecule has 0 unspecified atom stereocenters. The molecule has 3 aliphatic rings. The van der Waals surface area contributed by atoms with Crippen molar-refractivity contribution in [2.24, 2.45) is 10.9 Å².